The molecular weight excluding hydrogens is 500 g/mol. The molecule has 1 heterocycles. The van der Waals surface area contributed by atoms with Gasteiger partial charge in [0.1, 0.15) is 5.75 Å². The number of nitrogens with one attached hydrogen (secondary N) is 1. The van der Waals surface area contributed by atoms with Gasteiger partial charge in [0.25, 0.3) is 0 Å². The number of halogens is 4. The Labute approximate surface area is 186 Å². The van der Waals surface area contributed by atoms with Gasteiger partial charge in [0, 0.05) is 24.3 Å². The normalized spacial score (nSPS) is 20.6. The van der Waals surface area contributed by atoms with Crippen molar-refractivity contribution in [3.63, 3.8) is 0 Å². The first-order chi connectivity index (χ1) is 13.4. The number of nitrogens with zero attached hydrogens (tertiary/aromatic N) is 2. The van der Waals surface area contributed by atoms with Crippen LogP contribution in [-0.4, -0.2) is 55.6 Å². The van der Waals surface area contributed by atoms with Crippen LogP contribution in [0.1, 0.15) is 32.1 Å². The highest BCUT2D eigenvalue weighted by Crippen LogP contribution is 2.34. The summed E-state index contributed by atoms with van der Waals surface area (Å²) in [6.45, 7) is 3.89. The molecule has 1 aliphatic heterocycles. The fourth-order valence-corrected chi connectivity index (χ4v) is 3.98. The van der Waals surface area contributed by atoms with Gasteiger partial charge in [0.05, 0.1) is 19.8 Å². The average Bonchev–Trinajstić information content (AvgIpc) is 2.68. The largest absolute Gasteiger partial charge is 0.573 e. The summed E-state index contributed by atoms with van der Waals surface area (Å²) in [5, 5.41) is 2.94. The van der Waals surface area contributed by atoms with E-state index in [1.807, 2.05) is 0 Å². The minimum absolute atomic E-state index is 0. The average molecular weight is 528 g/mol. The molecule has 2 fully saturated rings. The summed E-state index contributed by atoms with van der Waals surface area (Å²) < 4.78 is 46.0. The van der Waals surface area contributed by atoms with Crippen molar-refractivity contribution >= 4 is 35.6 Å². The number of morpholine rings is 1. The highest BCUT2D eigenvalue weighted by atomic mass is 127. The SMILES string of the molecule is I.NC(=NCC1(N2CCOCC2)CCCCC1)Nc1ccc(OC(F)(F)F)cc1. The first kappa shape index (κ1) is 24.0. The summed E-state index contributed by atoms with van der Waals surface area (Å²) in [7, 11) is 0. The van der Waals surface area contributed by atoms with Crippen LogP contribution in [0.3, 0.4) is 0 Å². The summed E-state index contributed by atoms with van der Waals surface area (Å²) in [6.07, 6.45) is 1.08. The third-order valence-corrected chi connectivity index (χ3v) is 5.37. The summed E-state index contributed by atoms with van der Waals surface area (Å²) in [5.41, 5.74) is 6.60. The molecule has 164 valence electrons. The molecule has 0 amide bonds. The Morgan fingerprint density at radius 3 is 2.34 bits per heavy atom. The molecule has 0 atom stereocenters. The Balaban J connectivity index is 0.00000300. The molecule has 0 bridgehead atoms. The number of rotatable bonds is 5. The lowest BCUT2D eigenvalue weighted by Gasteiger charge is -2.47. The number of guanidine groups is 1. The van der Waals surface area contributed by atoms with Crippen LogP contribution in [0.5, 0.6) is 5.75 Å². The zero-order valence-corrected chi connectivity index (χ0v) is 18.5. The Hall–Kier alpha value is -1.27. The van der Waals surface area contributed by atoms with Gasteiger partial charge in [0.15, 0.2) is 5.96 Å². The molecule has 3 rings (SSSR count). The second-order valence-corrected chi connectivity index (χ2v) is 7.28. The van der Waals surface area contributed by atoms with E-state index in [4.69, 9.17) is 10.5 Å². The van der Waals surface area contributed by atoms with E-state index in [2.05, 4.69) is 19.9 Å². The van der Waals surface area contributed by atoms with Crippen molar-refractivity contribution in [1.82, 2.24) is 4.90 Å². The number of hydrogen-bond acceptors (Lipinski definition) is 4. The minimum Gasteiger partial charge on any atom is -0.406 e. The van der Waals surface area contributed by atoms with E-state index in [1.165, 1.54) is 43.5 Å². The van der Waals surface area contributed by atoms with Gasteiger partial charge in [-0.3, -0.25) is 9.89 Å². The first-order valence-electron chi connectivity index (χ1n) is 9.62. The Kier molecular flexibility index (Phi) is 8.83. The smallest absolute Gasteiger partial charge is 0.406 e. The molecule has 0 unspecified atom stereocenters. The summed E-state index contributed by atoms with van der Waals surface area (Å²) in [6, 6.07) is 5.42. The fourth-order valence-electron chi connectivity index (χ4n) is 3.98. The van der Waals surface area contributed by atoms with Crippen molar-refractivity contribution in [2.75, 3.05) is 38.2 Å². The lowest BCUT2D eigenvalue weighted by Crippen LogP contribution is -2.56. The molecule has 1 saturated heterocycles. The van der Waals surface area contributed by atoms with Crippen molar-refractivity contribution in [3.8, 4) is 5.75 Å². The molecule has 0 aromatic heterocycles. The van der Waals surface area contributed by atoms with Crippen LogP contribution in [0, 0.1) is 0 Å². The topological polar surface area (TPSA) is 72.1 Å². The zero-order valence-electron chi connectivity index (χ0n) is 16.2. The van der Waals surface area contributed by atoms with E-state index in [1.54, 1.807) is 0 Å². The van der Waals surface area contributed by atoms with Crippen LogP contribution in [0.2, 0.25) is 0 Å². The molecule has 6 nitrogen and oxygen atoms in total. The molecule has 2 aliphatic rings. The predicted molar refractivity (Wildman–Crippen MR) is 117 cm³/mol. The van der Waals surface area contributed by atoms with Crippen LogP contribution >= 0.6 is 24.0 Å². The van der Waals surface area contributed by atoms with E-state index in [0.29, 0.717) is 12.2 Å². The summed E-state index contributed by atoms with van der Waals surface area (Å²) in [5.74, 6) is -0.0234. The number of hydrogen-bond donors (Lipinski definition) is 2. The van der Waals surface area contributed by atoms with Crippen molar-refractivity contribution in [3.05, 3.63) is 24.3 Å². The maximum Gasteiger partial charge on any atom is 0.573 e. The van der Waals surface area contributed by atoms with Crippen LogP contribution in [0.25, 0.3) is 0 Å². The lowest BCUT2D eigenvalue weighted by atomic mass is 9.80. The van der Waals surface area contributed by atoms with Gasteiger partial charge in [-0.1, -0.05) is 19.3 Å². The van der Waals surface area contributed by atoms with Gasteiger partial charge in [-0.15, -0.1) is 37.1 Å². The lowest BCUT2D eigenvalue weighted by molar-refractivity contribution is -0.274. The molecular formula is C19H28F3IN4O2. The standard InChI is InChI=1S/C19H27F3N4O2.HI/c20-19(21,22)28-16-6-4-15(5-7-16)25-17(23)24-14-18(8-2-1-3-9-18)26-10-12-27-13-11-26;/h4-7H,1-3,8-14H2,(H3,23,24,25);1H. The number of anilines is 1. The van der Waals surface area contributed by atoms with E-state index in [0.717, 1.165) is 39.1 Å². The highest BCUT2D eigenvalue weighted by molar-refractivity contribution is 14.0. The van der Waals surface area contributed by atoms with Crippen LogP contribution in [-0.2, 0) is 4.74 Å². The molecule has 1 aromatic carbocycles. The number of aliphatic imine (C=N–C) groups is 1. The molecule has 3 N–H and O–H groups in total. The van der Waals surface area contributed by atoms with Crippen LogP contribution < -0.4 is 15.8 Å². The number of benzene rings is 1. The zero-order chi connectivity index (χ0) is 20.0. The second-order valence-electron chi connectivity index (χ2n) is 7.28. The monoisotopic (exact) mass is 528 g/mol. The van der Waals surface area contributed by atoms with Crippen molar-refractivity contribution in [2.24, 2.45) is 10.7 Å². The van der Waals surface area contributed by atoms with E-state index < -0.39 is 6.36 Å². The van der Waals surface area contributed by atoms with Gasteiger partial charge in [-0.2, -0.15) is 0 Å². The van der Waals surface area contributed by atoms with E-state index >= 15 is 0 Å². The third-order valence-electron chi connectivity index (χ3n) is 5.37. The summed E-state index contributed by atoms with van der Waals surface area (Å²) >= 11 is 0. The molecule has 0 spiro atoms. The van der Waals surface area contributed by atoms with Gasteiger partial charge < -0.3 is 20.5 Å². The molecule has 1 aromatic rings. The molecule has 0 radical (unpaired) electrons. The quantitative estimate of drug-likeness (QED) is 0.344. The predicted octanol–water partition coefficient (Wildman–Crippen LogP) is 3.96. The van der Waals surface area contributed by atoms with Gasteiger partial charge in [0.2, 0.25) is 0 Å². The first-order valence-corrected chi connectivity index (χ1v) is 9.62. The van der Waals surface area contributed by atoms with Crippen molar-refractivity contribution in [2.45, 2.75) is 44.0 Å². The number of nitrogens with two attached hydrogens (primary N) is 1. The maximum atomic E-state index is 12.2. The fraction of sp³-hybridized carbons (Fsp3) is 0.632. The van der Waals surface area contributed by atoms with Crippen molar-refractivity contribution in [1.29, 1.82) is 0 Å². The molecule has 1 aliphatic carbocycles. The van der Waals surface area contributed by atoms with Gasteiger partial charge >= 0.3 is 6.36 Å². The molecule has 1 saturated carbocycles. The van der Waals surface area contributed by atoms with Gasteiger partial charge in [-0.05, 0) is 37.1 Å². The van der Waals surface area contributed by atoms with Crippen LogP contribution in [0.4, 0.5) is 18.9 Å². The van der Waals surface area contributed by atoms with Gasteiger partial charge in [-0.25, -0.2) is 0 Å². The van der Waals surface area contributed by atoms with Crippen molar-refractivity contribution < 1.29 is 22.6 Å². The Morgan fingerprint density at radius 1 is 1.14 bits per heavy atom. The van der Waals surface area contributed by atoms with E-state index in [-0.39, 0.29) is 41.2 Å². The molecule has 29 heavy (non-hydrogen) atoms. The number of alkyl halides is 3. The Bertz CT molecular complexity index is 658. The second kappa shape index (κ2) is 10.7. The van der Waals surface area contributed by atoms with Crippen LogP contribution in [0.15, 0.2) is 29.3 Å². The minimum atomic E-state index is -4.71. The number of ether oxygens (including phenoxy) is 2. The third kappa shape index (κ3) is 7.18. The maximum absolute atomic E-state index is 12.2. The summed E-state index contributed by atoms with van der Waals surface area (Å²) in [4.78, 5) is 7.04. The molecule has 10 heteroatoms. The Morgan fingerprint density at radius 2 is 1.76 bits per heavy atom. The van der Waals surface area contributed by atoms with E-state index in [9.17, 15) is 13.2 Å². The highest BCUT2D eigenvalue weighted by Gasteiger charge is 2.38.